The average Bonchev–Trinajstić information content (AvgIpc) is 2.60. The van der Waals surface area contributed by atoms with Crippen LogP contribution < -0.4 is 19.0 Å². The number of aryl methyl sites for hydroxylation is 1. The lowest BCUT2D eigenvalue weighted by atomic mass is 10.2. The second-order valence-corrected chi connectivity index (χ2v) is 6.46. The van der Waals surface area contributed by atoms with Crippen molar-refractivity contribution in [3.8, 4) is 11.6 Å². The molecule has 12 heteroatoms. The van der Waals surface area contributed by atoms with E-state index in [0.29, 0.717) is 5.69 Å². The van der Waals surface area contributed by atoms with Gasteiger partial charge in [-0.05, 0) is 26.0 Å². The van der Waals surface area contributed by atoms with Gasteiger partial charge in [0.15, 0.2) is 5.75 Å². The number of amides is 2. The molecule has 0 spiro atoms. The maximum atomic E-state index is 12.1. The minimum atomic E-state index is -4.61. The van der Waals surface area contributed by atoms with Crippen LogP contribution in [0.25, 0.3) is 0 Å². The second kappa shape index (κ2) is 8.99. The predicted molar refractivity (Wildman–Crippen MR) is 97.4 cm³/mol. The maximum Gasteiger partial charge on any atom is 0.411 e. The van der Waals surface area contributed by atoms with E-state index in [0.717, 1.165) is 0 Å². The van der Waals surface area contributed by atoms with E-state index in [2.05, 4.69) is 15.3 Å². The maximum absolute atomic E-state index is 12.1. The number of nitrogens with zero attached hydrogens (tertiary/aromatic N) is 2. The Morgan fingerprint density at radius 1 is 1.18 bits per heavy atom. The Bertz CT molecular complexity index is 979. The summed E-state index contributed by atoms with van der Waals surface area (Å²) in [5, 5.41) is 2.15. The number of methoxy groups -OCH3 is 1. The molecule has 0 aliphatic heterocycles. The van der Waals surface area contributed by atoms with Gasteiger partial charge in [0.05, 0.1) is 13.7 Å². The van der Waals surface area contributed by atoms with E-state index in [1.807, 2.05) is 0 Å². The summed E-state index contributed by atoms with van der Waals surface area (Å²) in [6, 6.07) is 5.90. The average molecular weight is 410 g/mol. The van der Waals surface area contributed by atoms with Gasteiger partial charge >= 0.3 is 22.3 Å². The fourth-order valence-electron chi connectivity index (χ4n) is 2.00. The summed E-state index contributed by atoms with van der Waals surface area (Å²) in [4.78, 5) is 31.6. The molecule has 0 atom stereocenters. The van der Waals surface area contributed by atoms with Gasteiger partial charge in [-0.15, -0.1) is 0 Å². The topological polar surface area (TPSA) is 146 Å². The van der Waals surface area contributed by atoms with Crippen LogP contribution in [0, 0.1) is 6.92 Å². The zero-order chi connectivity index (χ0) is 20.7. The normalized spacial score (nSPS) is 10.7. The van der Waals surface area contributed by atoms with Crippen molar-refractivity contribution in [3.63, 3.8) is 0 Å². The Balaban J connectivity index is 2.11. The fourth-order valence-corrected chi connectivity index (χ4v) is 2.70. The van der Waals surface area contributed by atoms with Gasteiger partial charge in [0.1, 0.15) is 5.56 Å². The molecule has 28 heavy (non-hydrogen) atoms. The van der Waals surface area contributed by atoms with E-state index in [1.54, 1.807) is 18.6 Å². The third-order valence-corrected chi connectivity index (χ3v) is 3.90. The Morgan fingerprint density at radius 2 is 1.89 bits per heavy atom. The molecule has 0 unspecified atom stereocenters. The number of esters is 1. The van der Waals surface area contributed by atoms with Gasteiger partial charge in [0, 0.05) is 11.8 Å². The van der Waals surface area contributed by atoms with E-state index in [4.69, 9.17) is 13.7 Å². The summed E-state index contributed by atoms with van der Waals surface area (Å²) in [7, 11) is -3.23. The molecule has 0 aliphatic carbocycles. The van der Waals surface area contributed by atoms with Gasteiger partial charge < -0.3 is 13.7 Å². The van der Waals surface area contributed by atoms with Gasteiger partial charge in [-0.25, -0.2) is 19.3 Å². The quantitative estimate of drug-likeness (QED) is 0.647. The number of para-hydroxylation sites is 1. The molecule has 1 aromatic carbocycles. The SMILES string of the molecule is CCOC(=O)c1ccccc1OS(=O)(=O)NC(=O)Nc1nc(C)cc(OC)n1. The monoisotopic (exact) mass is 410 g/mol. The highest BCUT2D eigenvalue weighted by atomic mass is 32.2. The highest BCUT2D eigenvalue weighted by Crippen LogP contribution is 2.20. The molecular weight excluding hydrogens is 392 g/mol. The van der Waals surface area contributed by atoms with Gasteiger partial charge in [-0.3, -0.25) is 5.32 Å². The molecule has 1 heterocycles. The van der Waals surface area contributed by atoms with Crippen molar-refractivity contribution in [3.05, 3.63) is 41.6 Å². The highest BCUT2D eigenvalue weighted by molar-refractivity contribution is 7.85. The van der Waals surface area contributed by atoms with Gasteiger partial charge in [0.25, 0.3) is 0 Å². The fraction of sp³-hybridized carbons (Fsp3) is 0.250. The Hall–Kier alpha value is -3.41. The molecule has 0 saturated carbocycles. The smallest absolute Gasteiger partial charge is 0.411 e. The number of carbonyl (C=O) groups is 2. The molecular formula is C16H18N4O7S. The molecule has 2 N–H and O–H groups in total. The molecule has 0 bridgehead atoms. The first-order chi connectivity index (χ1) is 13.2. The third kappa shape index (κ3) is 5.81. The summed E-state index contributed by atoms with van der Waals surface area (Å²) in [5.41, 5.74) is 0.381. The predicted octanol–water partition coefficient (Wildman–Crippen LogP) is 1.42. The van der Waals surface area contributed by atoms with Crippen molar-refractivity contribution >= 4 is 28.3 Å². The van der Waals surface area contributed by atoms with Crippen molar-refractivity contribution in [2.45, 2.75) is 13.8 Å². The van der Waals surface area contributed by atoms with Crippen molar-refractivity contribution in [1.82, 2.24) is 14.7 Å². The van der Waals surface area contributed by atoms with Crippen LogP contribution in [0.4, 0.5) is 10.7 Å². The van der Waals surface area contributed by atoms with Crippen molar-refractivity contribution < 1.29 is 31.7 Å². The number of aromatic nitrogens is 2. The zero-order valence-electron chi connectivity index (χ0n) is 15.3. The minimum absolute atomic E-state index is 0.0977. The Kier molecular flexibility index (Phi) is 6.71. The van der Waals surface area contributed by atoms with Gasteiger partial charge in [-0.2, -0.15) is 13.4 Å². The van der Waals surface area contributed by atoms with E-state index in [-0.39, 0.29) is 29.7 Å². The number of rotatable bonds is 7. The van der Waals surface area contributed by atoms with Gasteiger partial charge in [0.2, 0.25) is 11.8 Å². The Morgan fingerprint density at radius 3 is 2.57 bits per heavy atom. The van der Waals surface area contributed by atoms with E-state index in [1.165, 1.54) is 37.4 Å². The lowest BCUT2D eigenvalue weighted by molar-refractivity contribution is 0.0524. The standard InChI is InChI=1S/C16H18N4O7S/c1-4-26-14(21)11-7-5-6-8-12(11)27-28(23,24)20-16(22)19-15-17-10(2)9-13(18-15)25-3/h5-9H,4H2,1-3H3,(H2,17,18,19,20,22). The summed E-state index contributed by atoms with van der Waals surface area (Å²) in [6.07, 6.45) is 0. The number of urea groups is 1. The van der Waals surface area contributed by atoms with E-state index in [9.17, 15) is 18.0 Å². The number of benzene rings is 1. The van der Waals surface area contributed by atoms with Crippen molar-refractivity contribution in [2.75, 3.05) is 19.0 Å². The number of ether oxygens (including phenoxy) is 2. The summed E-state index contributed by atoms with van der Waals surface area (Å²) in [5.74, 6) is -1.05. The van der Waals surface area contributed by atoms with Crippen LogP contribution in [0.1, 0.15) is 23.0 Å². The highest BCUT2D eigenvalue weighted by Gasteiger charge is 2.22. The largest absolute Gasteiger partial charge is 0.481 e. The molecule has 0 saturated heterocycles. The molecule has 0 radical (unpaired) electrons. The van der Waals surface area contributed by atoms with E-state index < -0.39 is 22.3 Å². The molecule has 2 rings (SSSR count). The minimum Gasteiger partial charge on any atom is -0.481 e. The molecule has 11 nitrogen and oxygen atoms in total. The molecule has 2 amide bonds. The first-order valence-electron chi connectivity index (χ1n) is 7.93. The summed E-state index contributed by atoms with van der Waals surface area (Å²) >= 11 is 0. The van der Waals surface area contributed by atoms with Crippen molar-refractivity contribution in [2.24, 2.45) is 0 Å². The van der Waals surface area contributed by atoms with Crippen LogP contribution in [0.2, 0.25) is 0 Å². The number of hydrogen-bond donors (Lipinski definition) is 2. The lowest BCUT2D eigenvalue weighted by Gasteiger charge is -2.11. The molecule has 0 aliphatic rings. The van der Waals surface area contributed by atoms with Crippen LogP contribution in [0.3, 0.4) is 0 Å². The number of anilines is 1. The van der Waals surface area contributed by atoms with Crippen LogP contribution in [-0.4, -0.2) is 44.1 Å². The second-order valence-electron chi connectivity index (χ2n) is 5.19. The van der Waals surface area contributed by atoms with Crippen LogP contribution >= 0.6 is 0 Å². The number of nitrogens with one attached hydrogen (secondary N) is 2. The first-order valence-corrected chi connectivity index (χ1v) is 9.34. The van der Waals surface area contributed by atoms with Crippen LogP contribution in [0.5, 0.6) is 11.6 Å². The van der Waals surface area contributed by atoms with Gasteiger partial charge in [-0.1, -0.05) is 12.1 Å². The molecule has 0 fully saturated rings. The molecule has 1 aromatic heterocycles. The zero-order valence-corrected chi connectivity index (χ0v) is 16.1. The third-order valence-electron chi connectivity index (χ3n) is 3.06. The summed E-state index contributed by atoms with van der Waals surface area (Å²) < 4.78 is 40.4. The summed E-state index contributed by atoms with van der Waals surface area (Å²) in [6.45, 7) is 3.34. The number of hydrogen-bond acceptors (Lipinski definition) is 9. The van der Waals surface area contributed by atoms with Crippen molar-refractivity contribution in [1.29, 1.82) is 0 Å². The van der Waals surface area contributed by atoms with E-state index >= 15 is 0 Å². The van der Waals surface area contributed by atoms with Crippen LogP contribution in [0.15, 0.2) is 30.3 Å². The van der Waals surface area contributed by atoms with Crippen LogP contribution in [-0.2, 0) is 15.0 Å². The molecule has 2 aromatic rings. The first kappa shape index (κ1) is 20.9. The Labute approximate surface area is 161 Å². The molecule has 150 valence electrons. The number of carbonyl (C=O) groups excluding carboxylic acids is 2. The lowest BCUT2D eigenvalue weighted by Crippen LogP contribution is -2.37.